The van der Waals surface area contributed by atoms with Crippen molar-refractivity contribution in [2.45, 2.75) is 32.4 Å². The summed E-state index contributed by atoms with van der Waals surface area (Å²) in [7, 11) is 0. The van der Waals surface area contributed by atoms with Crippen LogP contribution < -0.4 is 10.6 Å². The Morgan fingerprint density at radius 2 is 2.16 bits per heavy atom. The van der Waals surface area contributed by atoms with Crippen molar-refractivity contribution in [2.24, 2.45) is 0 Å². The number of amides is 2. The van der Waals surface area contributed by atoms with E-state index >= 15 is 0 Å². The molecule has 1 atom stereocenters. The van der Waals surface area contributed by atoms with Crippen molar-refractivity contribution in [3.63, 3.8) is 0 Å². The molecular weight excluding hydrogens is 270 g/mol. The van der Waals surface area contributed by atoms with Crippen LogP contribution in [-0.2, 0) is 17.8 Å². The van der Waals surface area contributed by atoms with Crippen molar-refractivity contribution in [2.75, 3.05) is 6.54 Å². The second-order valence-corrected chi connectivity index (χ2v) is 5.39. The van der Waals surface area contributed by atoms with Crippen LogP contribution in [0.1, 0.15) is 23.7 Å². The predicted molar refractivity (Wildman–Crippen MR) is 70.0 cm³/mol. The maximum absolute atomic E-state index is 11.4. The molecule has 0 aliphatic carbocycles. The highest BCUT2D eigenvalue weighted by Gasteiger charge is 2.30. The molecule has 4 N–H and O–H groups in total. The molecule has 0 saturated heterocycles. The molecule has 0 fully saturated rings. The number of urea groups is 1. The van der Waals surface area contributed by atoms with E-state index in [0.29, 0.717) is 0 Å². The molecule has 19 heavy (non-hydrogen) atoms. The van der Waals surface area contributed by atoms with Crippen LogP contribution in [0.25, 0.3) is 0 Å². The van der Waals surface area contributed by atoms with Crippen molar-refractivity contribution in [3.8, 4) is 0 Å². The fraction of sp³-hybridized carbons (Fsp3) is 0.545. The lowest BCUT2D eigenvalue weighted by Crippen LogP contribution is -2.48. The summed E-state index contributed by atoms with van der Waals surface area (Å²) >= 11 is 1.51. The van der Waals surface area contributed by atoms with Gasteiger partial charge in [-0.2, -0.15) is 0 Å². The minimum atomic E-state index is -1.98. The van der Waals surface area contributed by atoms with Crippen molar-refractivity contribution in [3.05, 3.63) is 16.1 Å². The Hall–Kier alpha value is -1.67. The van der Waals surface area contributed by atoms with E-state index in [4.69, 9.17) is 5.11 Å². The first kappa shape index (κ1) is 15.4. The SMILES string of the molecule is CCc1cnc(CNC(=O)NCC(C)(O)C(=O)O)s1. The van der Waals surface area contributed by atoms with Crippen LogP contribution in [0.15, 0.2) is 6.20 Å². The molecular formula is C11H17N3O4S. The lowest BCUT2D eigenvalue weighted by atomic mass is 10.1. The van der Waals surface area contributed by atoms with E-state index in [2.05, 4.69) is 15.6 Å². The number of carboxylic acids is 1. The molecule has 2 amide bonds. The molecule has 0 saturated carbocycles. The quantitative estimate of drug-likeness (QED) is 0.603. The zero-order valence-corrected chi connectivity index (χ0v) is 11.6. The van der Waals surface area contributed by atoms with Gasteiger partial charge in [-0.15, -0.1) is 11.3 Å². The number of carboxylic acid groups (broad SMARTS) is 1. The standard InChI is InChI=1S/C11H17N3O4S/c1-3-7-4-12-8(19-7)5-13-10(17)14-6-11(2,18)9(15)16/h4,18H,3,5-6H2,1-2H3,(H,15,16)(H2,13,14,17). The molecule has 1 heterocycles. The van der Waals surface area contributed by atoms with Crippen LogP contribution in [-0.4, -0.2) is 39.3 Å². The minimum Gasteiger partial charge on any atom is -0.479 e. The van der Waals surface area contributed by atoms with Gasteiger partial charge in [0.25, 0.3) is 0 Å². The van der Waals surface area contributed by atoms with Gasteiger partial charge in [0.15, 0.2) is 5.60 Å². The Morgan fingerprint density at radius 3 is 2.68 bits per heavy atom. The maximum Gasteiger partial charge on any atom is 0.337 e. The number of rotatable bonds is 6. The molecule has 0 radical (unpaired) electrons. The number of nitrogens with one attached hydrogen (secondary N) is 2. The normalized spacial score (nSPS) is 13.6. The average Bonchev–Trinajstić information content (AvgIpc) is 2.81. The summed E-state index contributed by atoms with van der Waals surface area (Å²) in [5, 5.41) is 23.7. The molecule has 1 aromatic rings. The smallest absolute Gasteiger partial charge is 0.337 e. The molecule has 0 aromatic carbocycles. The highest BCUT2D eigenvalue weighted by atomic mass is 32.1. The Balaban J connectivity index is 2.34. The number of hydrogen-bond acceptors (Lipinski definition) is 5. The zero-order chi connectivity index (χ0) is 14.5. The van der Waals surface area contributed by atoms with Crippen molar-refractivity contribution in [1.82, 2.24) is 15.6 Å². The second kappa shape index (κ2) is 6.48. The van der Waals surface area contributed by atoms with Crippen molar-refractivity contribution >= 4 is 23.3 Å². The third-order valence-electron chi connectivity index (χ3n) is 2.40. The molecule has 0 bridgehead atoms. The van der Waals surface area contributed by atoms with Crippen LogP contribution in [0.4, 0.5) is 4.79 Å². The maximum atomic E-state index is 11.4. The summed E-state index contributed by atoms with van der Waals surface area (Å²) in [6.07, 6.45) is 2.65. The molecule has 106 valence electrons. The molecule has 1 rings (SSSR count). The minimum absolute atomic E-state index is 0.270. The van der Waals surface area contributed by atoms with Gasteiger partial charge in [0.2, 0.25) is 0 Å². The van der Waals surface area contributed by atoms with Crippen LogP contribution in [0.3, 0.4) is 0 Å². The topological polar surface area (TPSA) is 112 Å². The first-order chi connectivity index (χ1) is 8.85. The Bertz CT molecular complexity index is 459. The van der Waals surface area contributed by atoms with Crippen LogP contribution in [0.2, 0.25) is 0 Å². The van der Waals surface area contributed by atoms with Crippen LogP contribution >= 0.6 is 11.3 Å². The molecule has 0 aliphatic rings. The van der Waals surface area contributed by atoms with E-state index in [9.17, 15) is 14.7 Å². The summed E-state index contributed by atoms with van der Waals surface area (Å²) in [6.45, 7) is 3.04. The van der Waals surface area contributed by atoms with Gasteiger partial charge in [-0.25, -0.2) is 14.6 Å². The Kier molecular flexibility index (Phi) is 5.25. The summed E-state index contributed by atoms with van der Waals surface area (Å²) in [5.74, 6) is -1.39. The second-order valence-electron chi connectivity index (χ2n) is 4.19. The predicted octanol–water partition coefficient (Wildman–Crippen LogP) is 0.340. The highest BCUT2D eigenvalue weighted by molar-refractivity contribution is 7.11. The molecule has 0 spiro atoms. The number of aliphatic carboxylic acids is 1. The van der Waals surface area contributed by atoms with Gasteiger partial charge in [0.05, 0.1) is 13.1 Å². The highest BCUT2D eigenvalue weighted by Crippen LogP contribution is 2.12. The first-order valence-corrected chi connectivity index (χ1v) is 6.58. The molecule has 0 aliphatic heterocycles. The first-order valence-electron chi connectivity index (χ1n) is 5.76. The average molecular weight is 287 g/mol. The third kappa shape index (κ3) is 4.84. The summed E-state index contributed by atoms with van der Waals surface area (Å²) in [5.41, 5.74) is -1.98. The van der Waals surface area contributed by atoms with Gasteiger partial charge in [-0.1, -0.05) is 6.92 Å². The summed E-state index contributed by atoms with van der Waals surface area (Å²) in [6, 6.07) is -0.547. The monoisotopic (exact) mass is 287 g/mol. The number of aliphatic hydroxyl groups is 1. The number of carbonyl (C=O) groups excluding carboxylic acids is 1. The number of thiazole rings is 1. The summed E-state index contributed by atoms with van der Waals surface area (Å²) < 4.78 is 0. The lowest BCUT2D eigenvalue weighted by Gasteiger charge is -2.18. The Labute approximate surface area is 114 Å². The lowest BCUT2D eigenvalue weighted by molar-refractivity contribution is -0.155. The number of nitrogens with zero attached hydrogens (tertiary/aromatic N) is 1. The number of hydrogen-bond donors (Lipinski definition) is 4. The largest absolute Gasteiger partial charge is 0.479 e. The van der Waals surface area contributed by atoms with Crippen LogP contribution in [0.5, 0.6) is 0 Å². The van der Waals surface area contributed by atoms with E-state index in [1.54, 1.807) is 6.20 Å². The van der Waals surface area contributed by atoms with Gasteiger partial charge in [-0.05, 0) is 13.3 Å². The van der Waals surface area contributed by atoms with E-state index in [1.165, 1.54) is 11.3 Å². The number of aromatic nitrogens is 1. The summed E-state index contributed by atoms with van der Waals surface area (Å²) in [4.78, 5) is 27.3. The zero-order valence-electron chi connectivity index (χ0n) is 10.8. The fourth-order valence-corrected chi connectivity index (χ4v) is 1.94. The molecule has 1 aromatic heterocycles. The van der Waals surface area contributed by atoms with Crippen molar-refractivity contribution in [1.29, 1.82) is 0 Å². The molecule has 1 unspecified atom stereocenters. The molecule has 7 nitrogen and oxygen atoms in total. The van der Waals surface area contributed by atoms with E-state index in [-0.39, 0.29) is 13.1 Å². The number of carbonyl (C=O) groups is 2. The van der Waals surface area contributed by atoms with Gasteiger partial charge in [-0.3, -0.25) is 0 Å². The van der Waals surface area contributed by atoms with Gasteiger partial charge < -0.3 is 20.8 Å². The van der Waals surface area contributed by atoms with Gasteiger partial charge >= 0.3 is 12.0 Å². The van der Waals surface area contributed by atoms with Gasteiger partial charge in [0, 0.05) is 11.1 Å². The van der Waals surface area contributed by atoms with Gasteiger partial charge in [0.1, 0.15) is 5.01 Å². The number of aryl methyl sites for hydroxylation is 1. The van der Waals surface area contributed by atoms with Crippen LogP contribution in [0, 0.1) is 0 Å². The molecule has 8 heteroatoms. The fourth-order valence-electron chi connectivity index (χ4n) is 1.14. The third-order valence-corrected chi connectivity index (χ3v) is 3.55. The van der Waals surface area contributed by atoms with E-state index in [0.717, 1.165) is 23.2 Å². The van der Waals surface area contributed by atoms with Crippen molar-refractivity contribution < 1.29 is 19.8 Å². The van der Waals surface area contributed by atoms with E-state index < -0.39 is 17.6 Å². The van der Waals surface area contributed by atoms with E-state index in [1.807, 2.05) is 6.92 Å². The Morgan fingerprint density at radius 1 is 1.47 bits per heavy atom.